The fourth-order valence-corrected chi connectivity index (χ4v) is 4.33. The van der Waals surface area contributed by atoms with Crippen molar-refractivity contribution in [1.82, 2.24) is 5.32 Å². The van der Waals surface area contributed by atoms with Crippen LogP contribution < -0.4 is 19.5 Å². The van der Waals surface area contributed by atoms with Crippen LogP contribution in [0.1, 0.15) is 36.9 Å². The molecule has 1 heterocycles. The highest BCUT2D eigenvalue weighted by molar-refractivity contribution is 8.26. The van der Waals surface area contributed by atoms with Crippen LogP contribution in [0.25, 0.3) is 0 Å². The van der Waals surface area contributed by atoms with E-state index in [0.29, 0.717) is 30.4 Å². The molecule has 0 saturated carbocycles. The molecule has 0 spiro atoms. The first kappa shape index (κ1) is 24.6. The average Bonchev–Trinajstić information content (AvgIpc) is 3.19. The second kappa shape index (κ2) is 11.8. The molecule has 0 aromatic heterocycles. The van der Waals surface area contributed by atoms with E-state index in [0.717, 1.165) is 35.7 Å². The van der Waals surface area contributed by atoms with Gasteiger partial charge in [0.2, 0.25) is 5.12 Å². The number of carbonyl (C=O) groups is 2. The SMILES string of the molecule is CCCc1cc(Oc2ccccc2)ccc1OCCCOc1ccc(C2NC(=O)SC2=O)cc1F. The molecule has 1 atom stereocenters. The van der Waals surface area contributed by atoms with Crippen LogP contribution in [-0.2, 0) is 11.2 Å². The van der Waals surface area contributed by atoms with E-state index >= 15 is 0 Å². The van der Waals surface area contributed by atoms with Gasteiger partial charge in [-0.05, 0) is 60.0 Å². The van der Waals surface area contributed by atoms with Crippen LogP contribution in [0, 0.1) is 5.82 Å². The lowest BCUT2D eigenvalue weighted by atomic mass is 10.1. The minimum Gasteiger partial charge on any atom is -0.493 e. The Labute approximate surface area is 207 Å². The van der Waals surface area contributed by atoms with Crippen LogP contribution in [0.3, 0.4) is 0 Å². The summed E-state index contributed by atoms with van der Waals surface area (Å²) < 4.78 is 31.9. The van der Waals surface area contributed by atoms with Gasteiger partial charge >= 0.3 is 0 Å². The van der Waals surface area contributed by atoms with Gasteiger partial charge in [0.15, 0.2) is 11.6 Å². The zero-order chi connectivity index (χ0) is 24.6. The van der Waals surface area contributed by atoms with Crippen LogP contribution in [0.4, 0.5) is 9.18 Å². The molecular weight excluding hydrogens is 469 g/mol. The number of aryl methyl sites for hydroxylation is 1. The third-order valence-corrected chi connectivity index (χ3v) is 6.05. The molecule has 1 aliphatic rings. The van der Waals surface area contributed by atoms with Gasteiger partial charge in [-0.15, -0.1) is 0 Å². The number of carbonyl (C=O) groups excluding carboxylic acids is 2. The Morgan fingerprint density at radius 1 is 0.914 bits per heavy atom. The van der Waals surface area contributed by atoms with Crippen molar-refractivity contribution >= 4 is 22.1 Å². The lowest BCUT2D eigenvalue weighted by Gasteiger charge is -2.14. The highest BCUT2D eigenvalue weighted by Crippen LogP contribution is 2.31. The Hall–Kier alpha value is -3.52. The maximum absolute atomic E-state index is 14.4. The molecule has 1 aliphatic heterocycles. The minimum atomic E-state index is -0.828. The van der Waals surface area contributed by atoms with Crippen molar-refractivity contribution in [3.63, 3.8) is 0 Å². The Bertz CT molecular complexity index is 1190. The fourth-order valence-electron chi connectivity index (χ4n) is 3.66. The molecule has 1 fully saturated rings. The third-order valence-electron chi connectivity index (χ3n) is 5.31. The van der Waals surface area contributed by atoms with E-state index in [4.69, 9.17) is 14.2 Å². The number of para-hydroxylation sites is 1. The van der Waals surface area contributed by atoms with Crippen LogP contribution >= 0.6 is 11.8 Å². The van der Waals surface area contributed by atoms with Crippen LogP contribution in [0.15, 0.2) is 66.7 Å². The lowest BCUT2D eigenvalue weighted by Crippen LogP contribution is -2.20. The second-order valence-corrected chi connectivity index (χ2v) is 8.94. The minimum absolute atomic E-state index is 0.0901. The maximum Gasteiger partial charge on any atom is 0.287 e. The standard InChI is InChI=1S/C27H26FNO5S/c1-2-7-18-16-21(34-20-8-4-3-5-9-20)11-13-23(18)32-14-6-15-33-24-12-10-19(17-22(24)28)25-26(30)35-27(31)29-25/h3-5,8-13,16-17,25H,2,6-7,14-15H2,1H3,(H,29,31). The molecule has 3 aromatic rings. The maximum atomic E-state index is 14.4. The molecule has 8 heteroatoms. The Morgan fingerprint density at radius 3 is 2.34 bits per heavy atom. The number of rotatable bonds is 11. The first-order chi connectivity index (χ1) is 17.0. The number of benzene rings is 3. The van der Waals surface area contributed by atoms with Crippen molar-refractivity contribution in [1.29, 1.82) is 0 Å². The van der Waals surface area contributed by atoms with E-state index in [-0.39, 0.29) is 17.5 Å². The molecule has 35 heavy (non-hydrogen) atoms. The molecule has 1 amide bonds. The average molecular weight is 496 g/mol. The molecule has 1 saturated heterocycles. The molecule has 182 valence electrons. The first-order valence-corrected chi connectivity index (χ1v) is 12.3. The predicted molar refractivity (Wildman–Crippen MR) is 133 cm³/mol. The van der Waals surface area contributed by atoms with Crippen molar-refractivity contribution in [3.8, 4) is 23.0 Å². The molecule has 0 aliphatic carbocycles. The topological polar surface area (TPSA) is 73.9 Å². The number of nitrogens with one attached hydrogen (secondary N) is 1. The zero-order valence-electron chi connectivity index (χ0n) is 19.3. The summed E-state index contributed by atoms with van der Waals surface area (Å²) >= 11 is 0.592. The summed E-state index contributed by atoms with van der Waals surface area (Å²) in [4.78, 5) is 23.2. The number of hydrogen-bond donors (Lipinski definition) is 1. The summed E-state index contributed by atoms with van der Waals surface area (Å²) in [7, 11) is 0. The van der Waals surface area contributed by atoms with Gasteiger partial charge in [0, 0.05) is 18.2 Å². The number of halogens is 1. The van der Waals surface area contributed by atoms with E-state index in [9.17, 15) is 14.0 Å². The smallest absolute Gasteiger partial charge is 0.287 e. The van der Waals surface area contributed by atoms with Crippen molar-refractivity contribution in [2.45, 2.75) is 32.2 Å². The molecule has 1 N–H and O–H groups in total. The molecule has 6 nitrogen and oxygen atoms in total. The highest BCUT2D eigenvalue weighted by atomic mass is 32.2. The first-order valence-electron chi connectivity index (χ1n) is 11.5. The summed E-state index contributed by atoms with van der Waals surface area (Å²) in [6.07, 6.45) is 2.39. The normalized spacial score (nSPS) is 15.1. The largest absolute Gasteiger partial charge is 0.493 e. The monoisotopic (exact) mass is 495 g/mol. The number of hydrogen-bond acceptors (Lipinski definition) is 6. The van der Waals surface area contributed by atoms with E-state index in [1.54, 1.807) is 6.07 Å². The lowest BCUT2D eigenvalue weighted by molar-refractivity contribution is -0.112. The fraction of sp³-hybridized carbons (Fsp3) is 0.259. The van der Waals surface area contributed by atoms with Gasteiger partial charge in [-0.2, -0.15) is 0 Å². The van der Waals surface area contributed by atoms with Gasteiger partial charge in [0.1, 0.15) is 23.3 Å². The second-order valence-electron chi connectivity index (χ2n) is 7.96. The number of thioether (sulfide) groups is 1. The molecule has 0 radical (unpaired) electrons. The van der Waals surface area contributed by atoms with Gasteiger partial charge in [0.25, 0.3) is 5.24 Å². The molecule has 0 bridgehead atoms. The van der Waals surface area contributed by atoms with Crippen LogP contribution in [0.2, 0.25) is 0 Å². The molecule has 3 aromatic carbocycles. The summed E-state index contributed by atoms with van der Waals surface area (Å²) in [5, 5.41) is 1.74. The van der Waals surface area contributed by atoms with E-state index < -0.39 is 17.1 Å². The van der Waals surface area contributed by atoms with Crippen molar-refractivity contribution in [2.75, 3.05) is 13.2 Å². The Kier molecular flexibility index (Phi) is 8.26. The highest BCUT2D eigenvalue weighted by Gasteiger charge is 2.33. The van der Waals surface area contributed by atoms with Gasteiger partial charge < -0.3 is 19.5 Å². The predicted octanol–water partition coefficient (Wildman–Crippen LogP) is 6.44. The summed E-state index contributed by atoms with van der Waals surface area (Å²) in [6, 6.07) is 18.8. The van der Waals surface area contributed by atoms with Gasteiger partial charge in [-0.25, -0.2) is 4.39 Å². The quantitative estimate of drug-likeness (QED) is 0.309. The Balaban J connectivity index is 1.27. The summed E-state index contributed by atoms with van der Waals surface area (Å²) in [6.45, 7) is 2.79. The Morgan fingerprint density at radius 2 is 1.66 bits per heavy atom. The van der Waals surface area contributed by atoms with Crippen molar-refractivity contribution in [2.24, 2.45) is 0 Å². The molecular formula is C27H26FNO5S. The van der Waals surface area contributed by atoms with Crippen LogP contribution in [-0.4, -0.2) is 23.6 Å². The van der Waals surface area contributed by atoms with E-state index in [1.807, 2.05) is 48.5 Å². The van der Waals surface area contributed by atoms with Crippen molar-refractivity contribution in [3.05, 3.63) is 83.7 Å². The van der Waals surface area contributed by atoms with Gasteiger partial charge in [-0.3, -0.25) is 9.59 Å². The van der Waals surface area contributed by atoms with E-state index in [2.05, 4.69) is 12.2 Å². The molecule has 4 rings (SSSR count). The summed E-state index contributed by atoms with van der Waals surface area (Å²) in [5.74, 6) is 1.84. The van der Waals surface area contributed by atoms with Crippen molar-refractivity contribution < 1.29 is 28.2 Å². The van der Waals surface area contributed by atoms with E-state index in [1.165, 1.54) is 12.1 Å². The number of ether oxygens (including phenoxy) is 3. The zero-order valence-corrected chi connectivity index (χ0v) is 20.1. The van der Waals surface area contributed by atoms with Crippen LogP contribution in [0.5, 0.6) is 23.0 Å². The van der Waals surface area contributed by atoms with Gasteiger partial charge in [0.05, 0.1) is 13.2 Å². The van der Waals surface area contributed by atoms with Gasteiger partial charge in [-0.1, -0.05) is 37.6 Å². The third kappa shape index (κ3) is 6.54. The molecule has 1 unspecified atom stereocenters. The summed E-state index contributed by atoms with van der Waals surface area (Å²) in [5.41, 5.74) is 1.46. The number of amides is 1.